The number of piperazine rings is 1. The van der Waals surface area contributed by atoms with Crippen molar-refractivity contribution >= 4 is 5.78 Å². The van der Waals surface area contributed by atoms with Crippen molar-refractivity contribution < 1.29 is 9.18 Å². The average molecular weight is 400 g/mol. The minimum absolute atomic E-state index is 0.0974. The first-order valence-electron chi connectivity index (χ1n) is 10.6. The van der Waals surface area contributed by atoms with Gasteiger partial charge in [-0.15, -0.1) is 0 Å². The molecule has 3 nitrogen and oxygen atoms in total. The molecule has 1 atom stereocenters. The highest BCUT2D eigenvalue weighted by molar-refractivity contribution is 6.08. The normalized spacial score (nSPS) is 22.2. The van der Waals surface area contributed by atoms with E-state index in [1.807, 2.05) is 36.4 Å². The van der Waals surface area contributed by atoms with Crippen molar-refractivity contribution in [1.29, 1.82) is 0 Å². The smallest absolute Gasteiger partial charge is 0.188 e. The molecule has 0 bridgehead atoms. The highest BCUT2D eigenvalue weighted by atomic mass is 19.1. The van der Waals surface area contributed by atoms with E-state index in [4.69, 9.17) is 0 Å². The lowest BCUT2D eigenvalue weighted by atomic mass is 9.83. The number of ketones is 1. The van der Waals surface area contributed by atoms with Crippen LogP contribution in [0.15, 0.2) is 78.9 Å². The maximum atomic E-state index is 14.2. The Bertz CT molecular complexity index is 1060. The summed E-state index contributed by atoms with van der Waals surface area (Å²) < 4.78 is 14.2. The minimum Gasteiger partial charge on any atom is -0.297 e. The van der Waals surface area contributed by atoms with Crippen molar-refractivity contribution in [3.63, 3.8) is 0 Å². The molecule has 1 aliphatic carbocycles. The number of hydrogen-bond acceptors (Lipinski definition) is 3. The monoisotopic (exact) mass is 400 g/mol. The van der Waals surface area contributed by atoms with E-state index >= 15 is 0 Å². The zero-order valence-corrected chi connectivity index (χ0v) is 16.9. The van der Waals surface area contributed by atoms with Gasteiger partial charge >= 0.3 is 0 Å². The predicted molar refractivity (Wildman–Crippen MR) is 116 cm³/mol. The first-order chi connectivity index (χ1) is 14.7. The molecular formula is C26H25FN2O. The van der Waals surface area contributed by atoms with Gasteiger partial charge < -0.3 is 0 Å². The minimum atomic E-state index is -0.815. The summed E-state index contributed by atoms with van der Waals surface area (Å²) in [7, 11) is 0. The number of fused-ring (bicyclic) bond motifs is 1. The summed E-state index contributed by atoms with van der Waals surface area (Å²) in [6, 6.07) is 24.9. The molecule has 1 saturated heterocycles. The second-order valence-corrected chi connectivity index (χ2v) is 8.28. The van der Waals surface area contributed by atoms with Crippen LogP contribution in [0.3, 0.4) is 0 Å². The van der Waals surface area contributed by atoms with Gasteiger partial charge in [-0.25, -0.2) is 4.39 Å². The molecule has 3 aromatic rings. The molecule has 0 radical (unpaired) electrons. The molecule has 2 aliphatic rings. The van der Waals surface area contributed by atoms with Gasteiger partial charge in [0.2, 0.25) is 0 Å². The summed E-state index contributed by atoms with van der Waals surface area (Å²) in [5, 5.41) is 0. The van der Waals surface area contributed by atoms with E-state index in [1.165, 1.54) is 11.6 Å². The fourth-order valence-corrected chi connectivity index (χ4v) is 5.02. The lowest BCUT2D eigenvalue weighted by molar-refractivity contribution is 0.0287. The Kier molecular flexibility index (Phi) is 4.97. The second kappa shape index (κ2) is 7.78. The molecule has 0 amide bonds. The van der Waals surface area contributed by atoms with Gasteiger partial charge in [-0.3, -0.25) is 14.6 Å². The molecule has 1 fully saturated rings. The molecule has 1 heterocycles. The van der Waals surface area contributed by atoms with Crippen molar-refractivity contribution in [2.24, 2.45) is 0 Å². The Morgan fingerprint density at radius 3 is 2.30 bits per heavy atom. The third kappa shape index (κ3) is 3.26. The van der Waals surface area contributed by atoms with Crippen LogP contribution in [0.4, 0.5) is 4.39 Å². The van der Waals surface area contributed by atoms with Crippen molar-refractivity contribution in [1.82, 2.24) is 9.80 Å². The van der Waals surface area contributed by atoms with Gasteiger partial charge in [0, 0.05) is 44.7 Å². The Morgan fingerprint density at radius 2 is 1.57 bits per heavy atom. The Labute approximate surface area is 176 Å². The topological polar surface area (TPSA) is 23.6 Å². The zero-order chi connectivity index (χ0) is 20.6. The molecule has 3 aromatic carbocycles. The molecule has 1 unspecified atom stereocenters. The zero-order valence-electron chi connectivity index (χ0n) is 16.9. The second-order valence-electron chi connectivity index (χ2n) is 8.28. The van der Waals surface area contributed by atoms with E-state index in [1.54, 1.807) is 12.1 Å². The van der Waals surface area contributed by atoms with Gasteiger partial charge in [-0.2, -0.15) is 0 Å². The van der Waals surface area contributed by atoms with Crippen LogP contribution in [0, 0.1) is 5.82 Å². The summed E-state index contributed by atoms with van der Waals surface area (Å²) >= 11 is 0. The van der Waals surface area contributed by atoms with E-state index < -0.39 is 5.54 Å². The van der Waals surface area contributed by atoms with Gasteiger partial charge in [0.1, 0.15) is 11.4 Å². The molecule has 0 N–H and O–H groups in total. The number of benzene rings is 3. The summed E-state index contributed by atoms with van der Waals surface area (Å²) in [5.41, 5.74) is 3.08. The van der Waals surface area contributed by atoms with Crippen LogP contribution in [-0.2, 0) is 18.5 Å². The van der Waals surface area contributed by atoms with Crippen LogP contribution in [0.2, 0.25) is 0 Å². The third-order valence-corrected chi connectivity index (χ3v) is 6.55. The van der Waals surface area contributed by atoms with Gasteiger partial charge in [-0.05, 0) is 28.8 Å². The number of carbonyl (C=O) groups excluding carboxylic acids is 1. The lowest BCUT2D eigenvalue weighted by Crippen LogP contribution is -2.58. The van der Waals surface area contributed by atoms with Crippen molar-refractivity contribution in [3.05, 3.63) is 107 Å². The molecular weight excluding hydrogens is 375 g/mol. The molecule has 30 heavy (non-hydrogen) atoms. The quantitative estimate of drug-likeness (QED) is 0.653. The van der Waals surface area contributed by atoms with E-state index in [2.05, 4.69) is 34.1 Å². The first kappa shape index (κ1) is 19.2. The largest absolute Gasteiger partial charge is 0.297 e. The molecule has 0 saturated carbocycles. The number of carbonyl (C=O) groups is 1. The lowest BCUT2D eigenvalue weighted by Gasteiger charge is -2.45. The highest BCUT2D eigenvalue weighted by Crippen LogP contribution is 2.43. The molecule has 5 rings (SSSR count). The van der Waals surface area contributed by atoms with Gasteiger partial charge in [0.05, 0.1) is 0 Å². The molecule has 4 heteroatoms. The van der Waals surface area contributed by atoms with E-state index in [-0.39, 0.29) is 11.6 Å². The fourth-order valence-electron chi connectivity index (χ4n) is 5.02. The summed E-state index contributed by atoms with van der Waals surface area (Å²) in [4.78, 5) is 18.4. The van der Waals surface area contributed by atoms with Gasteiger partial charge in [0.15, 0.2) is 5.78 Å². The number of nitrogens with zero attached hydrogens (tertiary/aromatic N) is 2. The van der Waals surface area contributed by atoms with E-state index in [9.17, 15) is 9.18 Å². The predicted octanol–water partition coefficient (Wildman–Crippen LogP) is 4.28. The Hall–Kier alpha value is -2.82. The fraction of sp³-hybridized carbons (Fsp3) is 0.269. The highest BCUT2D eigenvalue weighted by Gasteiger charge is 2.51. The molecule has 152 valence electrons. The molecule has 1 aliphatic heterocycles. The van der Waals surface area contributed by atoms with Crippen LogP contribution >= 0.6 is 0 Å². The first-order valence-corrected chi connectivity index (χ1v) is 10.6. The van der Waals surface area contributed by atoms with E-state index in [0.29, 0.717) is 6.42 Å². The number of halogens is 1. The number of hydrogen-bond donors (Lipinski definition) is 0. The molecule has 0 spiro atoms. The summed E-state index contributed by atoms with van der Waals surface area (Å²) in [5.74, 6) is -0.196. The van der Waals surface area contributed by atoms with Crippen molar-refractivity contribution in [2.45, 2.75) is 18.5 Å². The van der Waals surface area contributed by atoms with Crippen LogP contribution in [0.25, 0.3) is 0 Å². The third-order valence-electron chi connectivity index (χ3n) is 6.55. The van der Waals surface area contributed by atoms with Crippen LogP contribution in [0.1, 0.15) is 27.0 Å². The van der Waals surface area contributed by atoms with E-state index in [0.717, 1.165) is 49.4 Å². The molecule has 0 aromatic heterocycles. The van der Waals surface area contributed by atoms with Crippen molar-refractivity contribution in [2.75, 3.05) is 26.2 Å². The number of rotatable bonds is 4. The standard InChI is InChI=1S/C26H25FN2O/c27-23-11-6-10-22(17-23)26(18-21-9-4-5-12-24(21)25(26)30)29-15-13-28(14-16-29)19-20-7-2-1-3-8-20/h1-12,17H,13-16,18-19H2. The van der Waals surface area contributed by atoms with Crippen LogP contribution < -0.4 is 0 Å². The SMILES string of the molecule is O=C1c2ccccc2CC1(c1cccc(F)c1)N1CCN(Cc2ccccc2)CC1. The van der Waals surface area contributed by atoms with Gasteiger partial charge in [0.25, 0.3) is 0 Å². The Balaban J connectivity index is 1.44. The van der Waals surface area contributed by atoms with Crippen molar-refractivity contribution in [3.8, 4) is 0 Å². The average Bonchev–Trinajstić information content (AvgIpc) is 3.09. The maximum absolute atomic E-state index is 14.2. The number of Topliss-reactive ketones (excluding diaryl/α,β-unsaturated/α-hetero) is 1. The maximum Gasteiger partial charge on any atom is 0.188 e. The Morgan fingerprint density at radius 1 is 0.833 bits per heavy atom. The van der Waals surface area contributed by atoms with Crippen LogP contribution in [0.5, 0.6) is 0 Å². The van der Waals surface area contributed by atoms with Crippen LogP contribution in [-0.4, -0.2) is 41.8 Å². The van der Waals surface area contributed by atoms with Gasteiger partial charge in [-0.1, -0.05) is 66.7 Å². The summed E-state index contributed by atoms with van der Waals surface area (Å²) in [6.07, 6.45) is 0.601. The summed E-state index contributed by atoms with van der Waals surface area (Å²) in [6.45, 7) is 4.24.